The number of rotatable bonds is 12. The maximum Gasteiger partial charge on any atom is 0.435 e. The fourth-order valence-electron chi connectivity index (χ4n) is 5.34. The standard InChI is InChI=1S/C37H35F3N4O2/c1-2-25-11-6-15-31(19-25)44-33(22-34(43-44)37(38,39)40)36(45)42-30-14-7-12-28(20-30)35(41-23-26-17-18-26)29-13-8-16-32(21-29)46-24-27-9-4-3-5-10-27/h3-16,19-22,26,35,41H,2,17-18,23-24H2,1H3,(H,42,45). The third-order valence-electron chi connectivity index (χ3n) is 8.02. The average Bonchev–Trinajstić information content (AvgIpc) is 3.78. The van der Waals surface area contributed by atoms with Crippen molar-refractivity contribution in [2.24, 2.45) is 5.92 Å². The van der Waals surface area contributed by atoms with Crippen LogP contribution >= 0.6 is 0 Å². The summed E-state index contributed by atoms with van der Waals surface area (Å²) in [5.74, 6) is 0.669. The minimum atomic E-state index is -4.71. The first kappa shape index (κ1) is 31.1. The second kappa shape index (κ2) is 13.6. The summed E-state index contributed by atoms with van der Waals surface area (Å²) in [6, 6.07) is 32.8. The Bertz CT molecular complexity index is 1800. The van der Waals surface area contributed by atoms with E-state index in [-0.39, 0.29) is 11.7 Å². The van der Waals surface area contributed by atoms with Crippen molar-refractivity contribution < 1.29 is 22.7 Å². The number of nitrogens with one attached hydrogen (secondary N) is 2. The van der Waals surface area contributed by atoms with Gasteiger partial charge in [-0.05, 0) is 90.4 Å². The second-order valence-electron chi connectivity index (χ2n) is 11.6. The van der Waals surface area contributed by atoms with E-state index >= 15 is 0 Å². The van der Waals surface area contributed by atoms with Gasteiger partial charge in [-0.2, -0.15) is 18.3 Å². The van der Waals surface area contributed by atoms with Gasteiger partial charge in [0.25, 0.3) is 5.91 Å². The lowest BCUT2D eigenvalue weighted by Crippen LogP contribution is -2.25. The number of aryl methyl sites for hydroxylation is 1. The summed E-state index contributed by atoms with van der Waals surface area (Å²) in [5.41, 5.74) is 3.39. The number of ether oxygens (including phenoxy) is 1. The van der Waals surface area contributed by atoms with Crippen LogP contribution in [0.1, 0.15) is 64.2 Å². The molecule has 5 aromatic rings. The summed E-state index contributed by atoms with van der Waals surface area (Å²) in [4.78, 5) is 13.5. The zero-order chi connectivity index (χ0) is 32.1. The van der Waals surface area contributed by atoms with Crippen molar-refractivity contribution in [2.75, 3.05) is 11.9 Å². The maximum atomic E-state index is 13.7. The number of hydrogen-bond donors (Lipinski definition) is 2. The van der Waals surface area contributed by atoms with Crippen LogP contribution in [-0.4, -0.2) is 22.2 Å². The van der Waals surface area contributed by atoms with E-state index in [1.807, 2.05) is 85.8 Å². The Hall–Kier alpha value is -4.89. The zero-order valence-corrected chi connectivity index (χ0v) is 25.4. The minimum absolute atomic E-state index is 0.197. The first-order valence-corrected chi connectivity index (χ1v) is 15.4. The van der Waals surface area contributed by atoms with Crippen LogP contribution in [0, 0.1) is 5.92 Å². The van der Waals surface area contributed by atoms with Gasteiger partial charge < -0.3 is 15.4 Å². The molecule has 1 aliphatic carbocycles. The number of nitrogens with zero attached hydrogens (tertiary/aromatic N) is 2. The molecule has 4 aromatic carbocycles. The van der Waals surface area contributed by atoms with E-state index in [0.29, 0.717) is 30.3 Å². The number of amides is 1. The number of anilines is 1. The predicted octanol–water partition coefficient (Wildman–Crippen LogP) is 8.37. The Labute approximate surface area is 266 Å². The lowest BCUT2D eigenvalue weighted by molar-refractivity contribution is -0.141. The van der Waals surface area contributed by atoms with E-state index in [1.165, 1.54) is 12.8 Å². The van der Waals surface area contributed by atoms with Crippen LogP contribution in [0.15, 0.2) is 109 Å². The van der Waals surface area contributed by atoms with Crippen molar-refractivity contribution in [3.63, 3.8) is 0 Å². The summed E-state index contributed by atoms with van der Waals surface area (Å²) >= 11 is 0. The average molecular weight is 625 g/mol. The second-order valence-corrected chi connectivity index (χ2v) is 11.6. The maximum absolute atomic E-state index is 13.7. The quantitative estimate of drug-likeness (QED) is 0.146. The smallest absolute Gasteiger partial charge is 0.435 e. The van der Waals surface area contributed by atoms with Crippen LogP contribution in [-0.2, 0) is 19.2 Å². The van der Waals surface area contributed by atoms with Crippen LogP contribution in [0.2, 0.25) is 0 Å². The van der Waals surface area contributed by atoms with Crippen LogP contribution < -0.4 is 15.4 Å². The number of halogens is 3. The third-order valence-corrected chi connectivity index (χ3v) is 8.02. The minimum Gasteiger partial charge on any atom is -0.489 e. The van der Waals surface area contributed by atoms with Crippen molar-refractivity contribution in [1.82, 2.24) is 15.1 Å². The van der Waals surface area contributed by atoms with Gasteiger partial charge in [0.1, 0.15) is 18.1 Å². The van der Waals surface area contributed by atoms with Crippen LogP contribution in [0.3, 0.4) is 0 Å². The molecular formula is C37H35F3N4O2. The van der Waals surface area contributed by atoms with Crippen molar-refractivity contribution in [2.45, 2.75) is 45.0 Å². The van der Waals surface area contributed by atoms with Gasteiger partial charge >= 0.3 is 6.18 Å². The van der Waals surface area contributed by atoms with Crippen molar-refractivity contribution >= 4 is 11.6 Å². The van der Waals surface area contributed by atoms with Crippen LogP contribution in [0.4, 0.5) is 18.9 Å². The fraction of sp³-hybridized carbons (Fsp3) is 0.243. The lowest BCUT2D eigenvalue weighted by Gasteiger charge is -2.21. The SMILES string of the molecule is CCc1cccc(-n2nc(C(F)(F)F)cc2C(=O)Nc2cccc(C(NCC3CC3)c3cccc(OCc4ccccc4)c3)c2)c1. The topological polar surface area (TPSA) is 68.2 Å². The summed E-state index contributed by atoms with van der Waals surface area (Å²) in [5, 5.41) is 10.3. The van der Waals surface area contributed by atoms with E-state index in [2.05, 4.69) is 15.7 Å². The Morgan fingerprint density at radius 1 is 0.891 bits per heavy atom. The van der Waals surface area contributed by atoms with Crippen molar-refractivity contribution in [3.05, 3.63) is 143 Å². The molecule has 46 heavy (non-hydrogen) atoms. The Morgan fingerprint density at radius 3 is 2.35 bits per heavy atom. The van der Waals surface area contributed by atoms with Gasteiger partial charge in [0.05, 0.1) is 11.7 Å². The molecule has 0 radical (unpaired) electrons. The molecule has 6 nitrogen and oxygen atoms in total. The number of alkyl halides is 3. The van der Waals surface area contributed by atoms with E-state index in [0.717, 1.165) is 45.3 Å². The molecule has 0 bridgehead atoms. The molecule has 1 aromatic heterocycles. The summed E-state index contributed by atoms with van der Waals surface area (Å²) in [6.07, 6.45) is -1.65. The van der Waals surface area contributed by atoms with E-state index < -0.39 is 17.8 Å². The van der Waals surface area contributed by atoms with Gasteiger partial charge in [-0.3, -0.25) is 4.79 Å². The molecule has 1 amide bonds. The van der Waals surface area contributed by atoms with Gasteiger partial charge in [-0.25, -0.2) is 4.68 Å². The molecule has 0 aliphatic heterocycles. The highest BCUT2D eigenvalue weighted by Gasteiger charge is 2.36. The summed E-state index contributed by atoms with van der Waals surface area (Å²) < 4.78 is 48.3. The summed E-state index contributed by atoms with van der Waals surface area (Å²) in [6.45, 7) is 3.23. The molecule has 1 atom stereocenters. The van der Waals surface area contributed by atoms with Gasteiger partial charge in [-0.1, -0.05) is 73.7 Å². The Morgan fingerprint density at radius 2 is 1.61 bits per heavy atom. The van der Waals surface area contributed by atoms with Gasteiger partial charge in [0.2, 0.25) is 0 Å². The fourth-order valence-corrected chi connectivity index (χ4v) is 5.34. The van der Waals surface area contributed by atoms with E-state index in [9.17, 15) is 18.0 Å². The number of aromatic nitrogens is 2. The predicted molar refractivity (Wildman–Crippen MR) is 172 cm³/mol. The van der Waals surface area contributed by atoms with Crippen molar-refractivity contribution in [3.8, 4) is 11.4 Å². The number of carbonyl (C=O) groups excluding carboxylic acids is 1. The molecule has 1 aliphatic rings. The first-order chi connectivity index (χ1) is 22.3. The molecule has 1 saturated carbocycles. The largest absolute Gasteiger partial charge is 0.489 e. The number of benzene rings is 4. The number of carbonyl (C=O) groups is 1. The van der Waals surface area contributed by atoms with Crippen LogP contribution in [0.25, 0.3) is 5.69 Å². The molecule has 0 saturated heterocycles. The highest BCUT2D eigenvalue weighted by atomic mass is 19.4. The van der Waals surface area contributed by atoms with E-state index in [1.54, 1.807) is 24.3 Å². The molecule has 9 heteroatoms. The molecular weight excluding hydrogens is 589 g/mol. The van der Waals surface area contributed by atoms with Crippen molar-refractivity contribution in [1.29, 1.82) is 0 Å². The van der Waals surface area contributed by atoms with Gasteiger partial charge in [-0.15, -0.1) is 0 Å². The molecule has 2 N–H and O–H groups in total. The van der Waals surface area contributed by atoms with Gasteiger partial charge in [0, 0.05) is 11.8 Å². The molecule has 0 spiro atoms. The number of hydrogen-bond acceptors (Lipinski definition) is 4. The molecule has 1 fully saturated rings. The third kappa shape index (κ3) is 7.66. The zero-order valence-electron chi connectivity index (χ0n) is 25.4. The molecule has 236 valence electrons. The highest BCUT2D eigenvalue weighted by molar-refractivity contribution is 6.03. The molecule has 6 rings (SSSR count). The van der Waals surface area contributed by atoms with E-state index in [4.69, 9.17) is 4.74 Å². The molecule has 1 unspecified atom stereocenters. The Balaban J connectivity index is 1.26. The normalized spacial score (nSPS) is 13.7. The monoisotopic (exact) mass is 624 g/mol. The lowest BCUT2D eigenvalue weighted by atomic mass is 9.97. The first-order valence-electron chi connectivity index (χ1n) is 15.4. The highest BCUT2D eigenvalue weighted by Crippen LogP contribution is 2.33. The summed E-state index contributed by atoms with van der Waals surface area (Å²) in [7, 11) is 0. The molecule has 1 heterocycles. The van der Waals surface area contributed by atoms with Crippen LogP contribution in [0.5, 0.6) is 5.75 Å². The van der Waals surface area contributed by atoms with Gasteiger partial charge in [0.15, 0.2) is 5.69 Å². The Kier molecular flexibility index (Phi) is 9.21.